The van der Waals surface area contributed by atoms with Crippen LogP contribution in [0.15, 0.2) is 35.1 Å². The molecule has 8 heteroatoms. The summed E-state index contributed by atoms with van der Waals surface area (Å²) in [6, 6.07) is 7.37. The predicted molar refractivity (Wildman–Crippen MR) is 94.6 cm³/mol. The minimum Gasteiger partial charge on any atom is -0.503 e. The molecule has 0 unspecified atom stereocenters. The molecule has 24 heavy (non-hydrogen) atoms. The Morgan fingerprint density at radius 2 is 1.79 bits per heavy atom. The minimum atomic E-state index is -0.707. The van der Waals surface area contributed by atoms with Gasteiger partial charge in [0.15, 0.2) is 5.75 Å². The molecule has 0 fully saturated rings. The van der Waals surface area contributed by atoms with Crippen molar-refractivity contribution >= 4 is 45.7 Å². The fraction of sp³-hybridized carbons (Fsp3) is 0. The third-order valence-corrected chi connectivity index (χ3v) is 4.27. The van der Waals surface area contributed by atoms with Gasteiger partial charge in [0.05, 0.1) is 37.9 Å². The van der Waals surface area contributed by atoms with Crippen molar-refractivity contribution in [3.05, 3.63) is 56.2 Å². The smallest absolute Gasteiger partial charge is 0.250 e. The number of pyridine rings is 1. The van der Waals surface area contributed by atoms with Crippen LogP contribution in [0.5, 0.6) is 5.75 Å². The summed E-state index contributed by atoms with van der Waals surface area (Å²) in [5, 5.41) is 10.7. The number of para-hydroxylation sites is 1. The molecule has 2 aromatic carbocycles. The maximum absolute atomic E-state index is 12.4. The number of nitrogens with one attached hydrogen (secondary N) is 1. The number of hydrogen-bond donors (Lipinski definition) is 4. The van der Waals surface area contributed by atoms with Crippen LogP contribution >= 0.6 is 23.2 Å². The number of carbonyl (C=O) groups is 1. The van der Waals surface area contributed by atoms with Crippen molar-refractivity contribution < 1.29 is 9.90 Å². The van der Waals surface area contributed by atoms with Gasteiger partial charge >= 0.3 is 0 Å². The van der Waals surface area contributed by atoms with Gasteiger partial charge in [0.1, 0.15) is 0 Å². The molecule has 0 aliphatic carbocycles. The number of benzene rings is 2. The van der Waals surface area contributed by atoms with Gasteiger partial charge in [-0.25, -0.2) is 0 Å². The highest BCUT2D eigenvalue weighted by molar-refractivity contribution is 6.39. The average molecular weight is 364 g/mol. The van der Waals surface area contributed by atoms with Gasteiger partial charge in [-0.3, -0.25) is 9.59 Å². The van der Waals surface area contributed by atoms with Crippen LogP contribution in [0.2, 0.25) is 10.0 Å². The van der Waals surface area contributed by atoms with Crippen molar-refractivity contribution in [3.8, 4) is 17.0 Å². The molecule has 0 bridgehead atoms. The lowest BCUT2D eigenvalue weighted by Gasteiger charge is -2.11. The van der Waals surface area contributed by atoms with Crippen molar-refractivity contribution in [2.75, 3.05) is 5.73 Å². The molecule has 0 aliphatic heterocycles. The van der Waals surface area contributed by atoms with E-state index in [-0.39, 0.29) is 37.9 Å². The van der Waals surface area contributed by atoms with E-state index in [1.165, 1.54) is 30.3 Å². The van der Waals surface area contributed by atoms with E-state index in [4.69, 9.17) is 34.7 Å². The number of halogens is 2. The minimum absolute atomic E-state index is 0.0602. The molecule has 122 valence electrons. The van der Waals surface area contributed by atoms with E-state index in [0.29, 0.717) is 5.56 Å². The van der Waals surface area contributed by atoms with Crippen molar-refractivity contribution in [3.63, 3.8) is 0 Å². The first-order valence-corrected chi connectivity index (χ1v) is 7.49. The molecule has 1 heterocycles. The number of primary amides is 1. The second-order valence-electron chi connectivity index (χ2n) is 5.12. The zero-order chi connectivity index (χ0) is 17.6. The summed E-state index contributed by atoms with van der Waals surface area (Å²) in [6.07, 6.45) is 0. The molecule has 1 aromatic heterocycles. The van der Waals surface area contributed by atoms with Gasteiger partial charge in [0.2, 0.25) is 5.43 Å². The highest BCUT2D eigenvalue weighted by atomic mass is 35.5. The number of aromatic nitrogens is 1. The van der Waals surface area contributed by atoms with E-state index in [1.54, 1.807) is 0 Å². The quantitative estimate of drug-likeness (QED) is 0.522. The Morgan fingerprint density at radius 3 is 2.38 bits per heavy atom. The monoisotopic (exact) mass is 363 g/mol. The van der Waals surface area contributed by atoms with Gasteiger partial charge in [0.25, 0.3) is 5.91 Å². The second kappa shape index (κ2) is 5.74. The topological polar surface area (TPSA) is 122 Å². The molecule has 3 aromatic rings. The first-order chi connectivity index (χ1) is 11.3. The van der Waals surface area contributed by atoms with Gasteiger partial charge in [-0.05, 0) is 24.3 Å². The van der Waals surface area contributed by atoms with Gasteiger partial charge in [-0.15, -0.1) is 0 Å². The molecule has 0 saturated heterocycles. The Bertz CT molecular complexity index is 1040. The number of anilines is 1. The van der Waals surface area contributed by atoms with Crippen molar-refractivity contribution in [1.29, 1.82) is 0 Å². The first-order valence-electron chi connectivity index (χ1n) is 6.74. The lowest BCUT2D eigenvalue weighted by atomic mass is 10.0. The maximum atomic E-state index is 12.4. The van der Waals surface area contributed by atoms with Crippen molar-refractivity contribution in [1.82, 2.24) is 4.98 Å². The summed E-state index contributed by atoms with van der Waals surface area (Å²) in [4.78, 5) is 26.9. The van der Waals surface area contributed by atoms with E-state index in [9.17, 15) is 14.7 Å². The Kier molecular flexibility index (Phi) is 3.87. The Hall–Kier alpha value is -2.70. The van der Waals surface area contributed by atoms with Crippen LogP contribution in [0.1, 0.15) is 10.4 Å². The molecular formula is C16H11Cl2N3O3. The maximum Gasteiger partial charge on any atom is 0.250 e. The second-order valence-corrected chi connectivity index (χ2v) is 5.94. The predicted octanol–water partition coefficient (Wildman–Crippen LogP) is 2.89. The molecule has 0 aliphatic rings. The summed E-state index contributed by atoms with van der Waals surface area (Å²) in [6.45, 7) is 0. The van der Waals surface area contributed by atoms with Crippen LogP contribution in [0, 0.1) is 0 Å². The SMILES string of the molecule is NC(=O)c1cccc2c(=O)c(O)c(-c3cc(Cl)c(N)c(Cl)c3)[nH]c12. The van der Waals surface area contributed by atoms with Gasteiger partial charge in [0, 0.05) is 5.56 Å². The largest absolute Gasteiger partial charge is 0.503 e. The fourth-order valence-corrected chi connectivity index (χ4v) is 2.93. The number of hydrogen-bond acceptors (Lipinski definition) is 4. The normalized spacial score (nSPS) is 10.9. The molecule has 6 N–H and O–H groups in total. The van der Waals surface area contributed by atoms with Crippen LogP contribution in [0.3, 0.4) is 0 Å². The number of carbonyl (C=O) groups excluding carboxylic acids is 1. The summed E-state index contributed by atoms with van der Waals surface area (Å²) in [5.41, 5.74) is 11.3. The lowest BCUT2D eigenvalue weighted by Crippen LogP contribution is -2.14. The average Bonchev–Trinajstić information content (AvgIpc) is 2.54. The number of amides is 1. The molecule has 3 rings (SSSR count). The van der Waals surface area contributed by atoms with Gasteiger partial charge in [-0.2, -0.15) is 0 Å². The highest BCUT2D eigenvalue weighted by Crippen LogP contribution is 2.35. The molecule has 1 amide bonds. The lowest BCUT2D eigenvalue weighted by molar-refractivity contribution is 0.100. The third-order valence-electron chi connectivity index (χ3n) is 3.64. The van der Waals surface area contributed by atoms with E-state index in [0.717, 1.165) is 0 Å². The fourth-order valence-electron chi connectivity index (χ4n) is 2.44. The highest BCUT2D eigenvalue weighted by Gasteiger charge is 2.17. The number of nitrogen functional groups attached to an aromatic ring is 1. The number of rotatable bonds is 2. The summed E-state index contributed by atoms with van der Waals surface area (Å²) in [5.74, 6) is -1.23. The van der Waals surface area contributed by atoms with Crippen LogP contribution < -0.4 is 16.9 Å². The molecule has 0 spiro atoms. The number of aromatic hydroxyl groups is 1. The van der Waals surface area contributed by atoms with E-state index < -0.39 is 17.1 Å². The summed E-state index contributed by atoms with van der Waals surface area (Å²) < 4.78 is 0. The van der Waals surface area contributed by atoms with E-state index >= 15 is 0 Å². The van der Waals surface area contributed by atoms with Crippen molar-refractivity contribution in [2.45, 2.75) is 0 Å². The van der Waals surface area contributed by atoms with Crippen molar-refractivity contribution in [2.24, 2.45) is 5.73 Å². The van der Waals surface area contributed by atoms with Crippen LogP contribution in [0.25, 0.3) is 22.2 Å². The standard InChI is InChI=1S/C16H11Cl2N3O3/c17-9-4-6(5-10(18)11(9)19)12-15(23)14(22)7-2-1-3-8(16(20)24)13(7)21-12/h1-5,23H,19H2,(H2,20,24)(H,21,22). The van der Waals surface area contributed by atoms with Crippen LogP contribution in [-0.2, 0) is 0 Å². The van der Waals surface area contributed by atoms with Gasteiger partial charge < -0.3 is 21.6 Å². The summed E-state index contributed by atoms with van der Waals surface area (Å²) in [7, 11) is 0. The Morgan fingerprint density at radius 1 is 1.17 bits per heavy atom. The number of fused-ring (bicyclic) bond motifs is 1. The third kappa shape index (κ3) is 2.46. The Balaban J connectivity index is 2.42. The number of nitrogens with two attached hydrogens (primary N) is 2. The first kappa shape index (κ1) is 16.2. The van der Waals surface area contributed by atoms with E-state index in [1.807, 2.05) is 0 Å². The molecule has 6 nitrogen and oxygen atoms in total. The van der Waals surface area contributed by atoms with E-state index in [2.05, 4.69) is 4.98 Å². The zero-order valence-corrected chi connectivity index (χ0v) is 13.6. The Labute approximate surface area is 145 Å². The number of aromatic amines is 1. The molecule has 0 atom stereocenters. The van der Waals surface area contributed by atoms with Crippen LogP contribution in [-0.4, -0.2) is 16.0 Å². The molecular weight excluding hydrogens is 353 g/mol. The molecule has 0 radical (unpaired) electrons. The number of H-pyrrole nitrogens is 1. The van der Waals surface area contributed by atoms with Gasteiger partial charge in [-0.1, -0.05) is 29.3 Å². The molecule has 0 saturated carbocycles. The van der Waals surface area contributed by atoms with Crippen LogP contribution in [0.4, 0.5) is 5.69 Å². The zero-order valence-electron chi connectivity index (χ0n) is 12.1. The summed E-state index contributed by atoms with van der Waals surface area (Å²) >= 11 is 12.0.